The monoisotopic (exact) mass is 484 g/mol. The zero-order chi connectivity index (χ0) is 24.4. The maximum atomic E-state index is 12.6. The van der Waals surface area contributed by atoms with Gasteiger partial charge in [-0.15, -0.1) is 0 Å². The molecule has 9 heteroatoms. The lowest BCUT2D eigenvalue weighted by Gasteiger charge is -2.32. The number of amides is 3. The van der Waals surface area contributed by atoms with Gasteiger partial charge < -0.3 is 20.4 Å². The van der Waals surface area contributed by atoms with E-state index in [1.165, 1.54) is 18.2 Å². The van der Waals surface area contributed by atoms with Gasteiger partial charge in [-0.25, -0.2) is 13.2 Å². The number of urea groups is 1. The molecule has 0 radical (unpaired) electrons. The van der Waals surface area contributed by atoms with Crippen molar-refractivity contribution in [3.05, 3.63) is 77.7 Å². The second kappa shape index (κ2) is 12.3. The molecule has 3 rings (SSSR count). The topological polar surface area (TPSA) is 98.8 Å². The molecule has 1 aliphatic rings. The summed E-state index contributed by atoms with van der Waals surface area (Å²) in [5, 5.41) is 6.64. The number of carbonyl (C=O) groups is 2. The van der Waals surface area contributed by atoms with E-state index < -0.39 is 15.9 Å². The molecule has 0 bridgehead atoms. The molecule has 1 heterocycles. The first-order valence-electron chi connectivity index (χ1n) is 11.4. The highest BCUT2D eigenvalue weighted by atomic mass is 32.2. The van der Waals surface area contributed by atoms with E-state index in [0.29, 0.717) is 25.9 Å². The Morgan fingerprint density at radius 1 is 0.971 bits per heavy atom. The predicted molar refractivity (Wildman–Crippen MR) is 132 cm³/mol. The summed E-state index contributed by atoms with van der Waals surface area (Å²) in [4.78, 5) is 28.9. The standard InChI is InChI=1S/C25H32N4O4S/c1-28-15-17-29(18-16-28)25(31)26-20-24(30)27-22(13-12-21-8-4-2-5-9-21)14-19-34(32,33)23-10-6-3-7-11-23/h2-11,14,19,22H,12-13,15-18,20H2,1H3,(H,26,31)(H,27,30)/b19-14+/t22-/m0/s1. The van der Waals surface area contributed by atoms with Crippen LogP contribution in [0.5, 0.6) is 0 Å². The fraction of sp³-hybridized carbons (Fsp3) is 0.360. The van der Waals surface area contributed by atoms with Gasteiger partial charge in [-0.2, -0.15) is 0 Å². The molecule has 1 fully saturated rings. The Morgan fingerprint density at radius 3 is 2.24 bits per heavy atom. The minimum atomic E-state index is -3.63. The van der Waals surface area contributed by atoms with Crippen LogP contribution in [0.3, 0.4) is 0 Å². The normalized spacial score (nSPS) is 15.7. The number of piperazine rings is 1. The minimum Gasteiger partial charge on any atom is -0.348 e. The van der Waals surface area contributed by atoms with Gasteiger partial charge in [0.05, 0.1) is 11.4 Å². The van der Waals surface area contributed by atoms with Crippen molar-refractivity contribution in [1.82, 2.24) is 20.4 Å². The first-order valence-corrected chi connectivity index (χ1v) is 12.9. The molecular formula is C25H32N4O4S. The number of carbonyl (C=O) groups excluding carboxylic acids is 2. The average Bonchev–Trinajstić information content (AvgIpc) is 2.86. The molecule has 34 heavy (non-hydrogen) atoms. The Labute approximate surface area is 201 Å². The molecule has 2 aromatic carbocycles. The molecule has 1 aliphatic heterocycles. The minimum absolute atomic E-state index is 0.174. The van der Waals surface area contributed by atoms with Crippen LogP contribution in [0.2, 0.25) is 0 Å². The lowest BCUT2D eigenvalue weighted by Crippen LogP contribution is -2.52. The van der Waals surface area contributed by atoms with E-state index in [0.717, 1.165) is 24.1 Å². The van der Waals surface area contributed by atoms with E-state index in [1.807, 2.05) is 37.4 Å². The number of rotatable bonds is 9. The van der Waals surface area contributed by atoms with Crippen LogP contribution >= 0.6 is 0 Å². The Kier molecular flexibility index (Phi) is 9.24. The Balaban J connectivity index is 1.60. The summed E-state index contributed by atoms with van der Waals surface area (Å²) in [6.45, 7) is 2.64. The Morgan fingerprint density at radius 2 is 1.59 bits per heavy atom. The van der Waals surface area contributed by atoms with Crippen molar-refractivity contribution < 1.29 is 18.0 Å². The number of sulfone groups is 1. The van der Waals surface area contributed by atoms with Crippen LogP contribution in [0.4, 0.5) is 4.79 Å². The lowest BCUT2D eigenvalue weighted by molar-refractivity contribution is -0.120. The van der Waals surface area contributed by atoms with Gasteiger partial charge in [0.2, 0.25) is 5.91 Å². The maximum Gasteiger partial charge on any atom is 0.317 e. The Bertz CT molecular complexity index is 1070. The zero-order valence-electron chi connectivity index (χ0n) is 19.4. The molecule has 2 aromatic rings. The van der Waals surface area contributed by atoms with Gasteiger partial charge in [-0.1, -0.05) is 54.6 Å². The van der Waals surface area contributed by atoms with Gasteiger partial charge in [0, 0.05) is 37.6 Å². The van der Waals surface area contributed by atoms with Gasteiger partial charge in [-0.3, -0.25) is 4.79 Å². The highest BCUT2D eigenvalue weighted by Gasteiger charge is 2.20. The van der Waals surface area contributed by atoms with E-state index in [-0.39, 0.29) is 23.4 Å². The number of likely N-dealkylation sites (N-methyl/N-ethyl adjacent to an activating group) is 1. The van der Waals surface area contributed by atoms with E-state index in [9.17, 15) is 18.0 Å². The number of hydrogen-bond donors (Lipinski definition) is 2. The fourth-order valence-corrected chi connectivity index (χ4v) is 4.70. The first kappa shape index (κ1) is 25.5. The second-order valence-electron chi connectivity index (χ2n) is 8.33. The number of nitrogens with zero attached hydrogens (tertiary/aromatic N) is 2. The summed E-state index contributed by atoms with van der Waals surface area (Å²) in [6.07, 6.45) is 2.68. The third kappa shape index (κ3) is 8.00. The molecule has 3 amide bonds. The molecule has 1 atom stereocenters. The quantitative estimate of drug-likeness (QED) is 0.568. The lowest BCUT2D eigenvalue weighted by atomic mass is 10.1. The van der Waals surface area contributed by atoms with Crippen LogP contribution in [0.1, 0.15) is 12.0 Å². The third-order valence-electron chi connectivity index (χ3n) is 5.69. The van der Waals surface area contributed by atoms with Crippen LogP contribution < -0.4 is 10.6 Å². The zero-order valence-corrected chi connectivity index (χ0v) is 20.2. The molecular weight excluding hydrogens is 452 g/mol. The van der Waals surface area contributed by atoms with Crippen LogP contribution in [-0.4, -0.2) is 76.0 Å². The molecule has 2 N–H and O–H groups in total. The van der Waals surface area contributed by atoms with Crippen molar-refractivity contribution in [2.45, 2.75) is 23.8 Å². The smallest absolute Gasteiger partial charge is 0.317 e. The number of aryl methyl sites for hydroxylation is 1. The highest BCUT2D eigenvalue weighted by molar-refractivity contribution is 7.94. The van der Waals surface area contributed by atoms with Gasteiger partial charge in [0.15, 0.2) is 9.84 Å². The van der Waals surface area contributed by atoms with Crippen LogP contribution in [0, 0.1) is 0 Å². The SMILES string of the molecule is CN1CCN(C(=O)NCC(=O)N[C@H](/C=C/S(=O)(=O)c2ccccc2)CCc2ccccc2)CC1. The molecule has 8 nitrogen and oxygen atoms in total. The van der Waals surface area contributed by atoms with Crippen molar-refractivity contribution in [2.75, 3.05) is 39.8 Å². The molecule has 0 spiro atoms. The molecule has 0 saturated carbocycles. The maximum absolute atomic E-state index is 12.6. The summed E-state index contributed by atoms with van der Waals surface area (Å²) >= 11 is 0. The van der Waals surface area contributed by atoms with Crippen molar-refractivity contribution >= 4 is 21.8 Å². The van der Waals surface area contributed by atoms with E-state index in [4.69, 9.17) is 0 Å². The second-order valence-corrected chi connectivity index (χ2v) is 10.2. The average molecular weight is 485 g/mol. The van der Waals surface area contributed by atoms with Crippen LogP contribution in [0.25, 0.3) is 0 Å². The van der Waals surface area contributed by atoms with Gasteiger partial charge >= 0.3 is 6.03 Å². The number of nitrogens with one attached hydrogen (secondary N) is 2. The first-order chi connectivity index (χ1) is 16.3. The van der Waals surface area contributed by atoms with Crippen LogP contribution in [-0.2, 0) is 21.1 Å². The highest BCUT2D eigenvalue weighted by Crippen LogP contribution is 2.13. The van der Waals surface area contributed by atoms with Crippen LogP contribution in [0.15, 0.2) is 77.0 Å². The summed E-state index contributed by atoms with van der Waals surface area (Å²) in [5.74, 6) is -0.373. The van der Waals surface area contributed by atoms with Crippen molar-refractivity contribution in [1.29, 1.82) is 0 Å². The largest absolute Gasteiger partial charge is 0.348 e. The van der Waals surface area contributed by atoms with Gasteiger partial charge in [0.25, 0.3) is 0 Å². The number of benzene rings is 2. The third-order valence-corrected chi connectivity index (χ3v) is 7.13. The summed E-state index contributed by atoms with van der Waals surface area (Å²) in [5.41, 5.74) is 1.09. The van der Waals surface area contributed by atoms with Crippen molar-refractivity contribution in [3.8, 4) is 0 Å². The summed E-state index contributed by atoms with van der Waals surface area (Å²) < 4.78 is 25.3. The molecule has 1 saturated heterocycles. The summed E-state index contributed by atoms with van der Waals surface area (Å²) in [6, 6.07) is 17.1. The fourth-order valence-electron chi connectivity index (χ4n) is 3.61. The van der Waals surface area contributed by atoms with Crippen molar-refractivity contribution in [3.63, 3.8) is 0 Å². The van der Waals surface area contributed by atoms with E-state index in [2.05, 4.69) is 15.5 Å². The molecule has 0 aromatic heterocycles. The number of hydrogen-bond acceptors (Lipinski definition) is 5. The van der Waals surface area contributed by atoms with Gasteiger partial charge in [-0.05, 0) is 37.6 Å². The predicted octanol–water partition coefficient (Wildman–Crippen LogP) is 2.05. The van der Waals surface area contributed by atoms with Gasteiger partial charge in [0.1, 0.15) is 0 Å². The molecule has 0 aliphatic carbocycles. The Hall–Kier alpha value is -3.17. The van der Waals surface area contributed by atoms with E-state index >= 15 is 0 Å². The molecule has 0 unspecified atom stereocenters. The molecule has 182 valence electrons. The van der Waals surface area contributed by atoms with Crippen molar-refractivity contribution in [2.24, 2.45) is 0 Å². The van der Waals surface area contributed by atoms with E-state index in [1.54, 1.807) is 23.1 Å². The summed E-state index contributed by atoms with van der Waals surface area (Å²) in [7, 11) is -1.63.